The first kappa shape index (κ1) is 23.1. The molecule has 33 heavy (non-hydrogen) atoms. The van der Waals surface area contributed by atoms with Gasteiger partial charge in [0.05, 0.1) is 12.3 Å². The number of nitrogens with zero attached hydrogens (tertiary/aromatic N) is 1. The number of fused-ring (bicyclic) bond motifs is 1. The zero-order valence-electron chi connectivity index (χ0n) is 18.4. The molecule has 1 aromatic heterocycles. The second kappa shape index (κ2) is 10.3. The molecule has 2 heterocycles. The maximum atomic E-state index is 13.1. The highest BCUT2D eigenvalue weighted by Crippen LogP contribution is 2.35. The third kappa shape index (κ3) is 5.48. The Hall–Kier alpha value is -3.04. The molecular formula is C24H27N3O4S2. The van der Waals surface area contributed by atoms with Crippen molar-refractivity contribution in [3.63, 3.8) is 0 Å². The molecule has 0 spiro atoms. The average Bonchev–Trinajstić information content (AvgIpc) is 3.36. The fourth-order valence-corrected chi connectivity index (χ4v) is 6.29. The summed E-state index contributed by atoms with van der Waals surface area (Å²) in [5, 5.41) is 7.35. The van der Waals surface area contributed by atoms with Crippen LogP contribution >= 0.6 is 11.3 Å². The standard InChI is InChI=1S/C24H27N3O4S2/c1-2-3-15-31-21-12-10-19(11-13-21)25-24(28)26-20-9-8-18-6-4-14-27(22(18)17-20)33(29,30)23-7-5-16-32-23/h5,7-13,16-17H,2-4,6,14-15H2,1H3,(H2,25,26,28). The predicted octanol–water partition coefficient (Wildman–Crippen LogP) is 5.71. The number of sulfonamides is 1. The van der Waals surface area contributed by atoms with Gasteiger partial charge in [0.1, 0.15) is 9.96 Å². The summed E-state index contributed by atoms with van der Waals surface area (Å²) in [6.45, 7) is 3.19. The molecular weight excluding hydrogens is 458 g/mol. The summed E-state index contributed by atoms with van der Waals surface area (Å²) in [7, 11) is -3.63. The van der Waals surface area contributed by atoms with Crippen molar-refractivity contribution >= 4 is 44.5 Å². The fraction of sp³-hybridized carbons (Fsp3) is 0.292. The molecule has 0 atom stereocenters. The number of aryl methyl sites for hydroxylation is 1. The Labute approximate surface area is 198 Å². The summed E-state index contributed by atoms with van der Waals surface area (Å²) >= 11 is 1.20. The number of hydrogen-bond acceptors (Lipinski definition) is 5. The second-order valence-corrected chi connectivity index (χ2v) is 10.8. The minimum atomic E-state index is -3.63. The van der Waals surface area contributed by atoms with Gasteiger partial charge in [0, 0.05) is 17.9 Å². The van der Waals surface area contributed by atoms with E-state index in [1.54, 1.807) is 41.8 Å². The molecule has 2 N–H and O–H groups in total. The van der Waals surface area contributed by atoms with Gasteiger partial charge >= 0.3 is 6.03 Å². The Morgan fingerprint density at radius 3 is 2.58 bits per heavy atom. The fourth-order valence-electron chi connectivity index (χ4n) is 3.65. The molecule has 0 unspecified atom stereocenters. The van der Waals surface area contributed by atoms with E-state index >= 15 is 0 Å². The van der Waals surface area contributed by atoms with Crippen LogP contribution in [-0.2, 0) is 16.4 Å². The molecule has 0 radical (unpaired) electrons. The molecule has 9 heteroatoms. The van der Waals surface area contributed by atoms with Crippen LogP contribution in [0.2, 0.25) is 0 Å². The van der Waals surface area contributed by atoms with Crippen LogP contribution in [-0.4, -0.2) is 27.6 Å². The normalized spacial score (nSPS) is 13.3. The van der Waals surface area contributed by atoms with Crippen molar-refractivity contribution in [3.05, 3.63) is 65.5 Å². The molecule has 0 aliphatic carbocycles. The number of benzene rings is 2. The number of amides is 2. The van der Waals surface area contributed by atoms with Crippen molar-refractivity contribution in [1.82, 2.24) is 0 Å². The van der Waals surface area contributed by atoms with Crippen molar-refractivity contribution in [1.29, 1.82) is 0 Å². The molecule has 0 saturated heterocycles. The lowest BCUT2D eigenvalue weighted by atomic mass is 10.0. The average molecular weight is 486 g/mol. The van der Waals surface area contributed by atoms with Crippen LogP contribution in [0.3, 0.4) is 0 Å². The van der Waals surface area contributed by atoms with Crippen LogP contribution in [0, 0.1) is 0 Å². The van der Waals surface area contributed by atoms with Gasteiger partial charge in [0.15, 0.2) is 0 Å². The first-order chi connectivity index (χ1) is 16.0. The molecule has 4 rings (SSSR count). The van der Waals surface area contributed by atoms with E-state index in [1.165, 1.54) is 15.6 Å². The molecule has 2 amide bonds. The highest BCUT2D eigenvalue weighted by atomic mass is 32.2. The van der Waals surface area contributed by atoms with Crippen molar-refractivity contribution in [2.24, 2.45) is 0 Å². The minimum absolute atomic E-state index is 0.313. The van der Waals surface area contributed by atoms with Gasteiger partial charge in [-0.25, -0.2) is 13.2 Å². The maximum absolute atomic E-state index is 13.1. The van der Waals surface area contributed by atoms with E-state index in [0.29, 0.717) is 34.4 Å². The Bertz CT molecular complexity index is 1190. The molecule has 174 valence electrons. The largest absolute Gasteiger partial charge is 0.494 e. The summed E-state index contributed by atoms with van der Waals surface area (Å²) in [6, 6.07) is 15.5. The zero-order valence-corrected chi connectivity index (χ0v) is 20.0. The number of ether oxygens (including phenoxy) is 1. The van der Waals surface area contributed by atoms with Gasteiger partial charge in [0.25, 0.3) is 10.0 Å². The summed E-state index contributed by atoms with van der Waals surface area (Å²) in [5.41, 5.74) is 2.72. The van der Waals surface area contributed by atoms with Crippen molar-refractivity contribution in [3.8, 4) is 5.75 Å². The summed E-state index contributed by atoms with van der Waals surface area (Å²) in [6.07, 6.45) is 3.61. The summed E-state index contributed by atoms with van der Waals surface area (Å²) in [5.74, 6) is 0.760. The zero-order chi connectivity index (χ0) is 23.3. The number of thiophene rings is 1. The molecule has 7 nitrogen and oxygen atoms in total. The van der Waals surface area contributed by atoms with E-state index in [2.05, 4.69) is 17.6 Å². The van der Waals surface area contributed by atoms with E-state index in [-0.39, 0.29) is 0 Å². The number of hydrogen-bond donors (Lipinski definition) is 2. The lowest BCUT2D eigenvalue weighted by molar-refractivity contribution is 0.262. The van der Waals surface area contributed by atoms with Gasteiger partial charge < -0.3 is 15.4 Å². The third-order valence-corrected chi connectivity index (χ3v) is 8.52. The quantitative estimate of drug-likeness (QED) is 0.400. The van der Waals surface area contributed by atoms with Gasteiger partial charge in [-0.3, -0.25) is 4.31 Å². The number of rotatable bonds is 8. The van der Waals surface area contributed by atoms with E-state index in [1.807, 2.05) is 18.2 Å². The van der Waals surface area contributed by atoms with Crippen LogP contribution in [0.25, 0.3) is 0 Å². The predicted molar refractivity (Wildman–Crippen MR) is 133 cm³/mol. The summed E-state index contributed by atoms with van der Waals surface area (Å²) < 4.78 is 33.6. The van der Waals surface area contributed by atoms with Gasteiger partial charge in [-0.05, 0) is 72.7 Å². The maximum Gasteiger partial charge on any atom is 0.323 e. The van der Waals surface area contributed by atoms with E-state index < -0.39 is 16.1 Å². The molecule has 1 aliphatic heterocycles. The Kier molecular flexibility index (Phi) is 7.20. The second-order valence-electron chi connectivity index (χ2n) is 7.76. The monoisotopic (exact) mass is 485 g/mol. The topological polar surface area (TPSA) is 87.7 Å². The first-order valence-corrected chi connectivity index (χ1v) is 13.3. The van der Waals surface area contributed by atoms with E-state index in [4.69, 9.17) is 4.74 Å². The molecule has 3 aromatic rings. The highest BCUT2D eigenvalue weighted by Gasteiger charge is 2.30. The molecule has 0 saturated carbocycles. The van der Waals surface area contributed by atoms with Crippen molar-refractivity contribution < 1.29 is 17.9 Å². The number of nitrogens with one attached hydrogen (secondary N) is 2. The number of carbonyl (C=O) groups excluding carboxylic acids is 1. The van der Waals surface area contributed by atoms with Crippen molar-refractivity contribution in [2.75, 3.05) is 28.1 Å². The smallest absolute Gasteiger partial charge is 0.323 e. The van der Waals surface area contributed by atoms with Crippen LogP contribution in [0.15, 0.2) is 64.2 Å². The third-order valence-electron chi connectivity index (χ3n) is 5.34. The lowest BCUT2D eigenvalue weighted by Gasteiger charge is -2.30. The Morgan fingerprint density at radius 1 is 1.09 bits per heavy atom. The van der Waals surface area contributed by atoms with Gasteiger partial charge in [-0.15, -0.1) is 11.3 Å². The SMILES string of the molecule is CCCCOc1ccc(NC(=O)Nc2ccc3c(c2)N(S(=O)(=O)c2cccs2)CCC3)cc1. The molecule has 1 aliphatic rings. The van der Waals surface area contributed by atoms with Crippen molar-refractivity contribution in [2.45, 2.75) is 36.8 Å². The van der Waals surface area contributed by atoms with E-state index in [9.17, 15) is 13.2 Å². The minimum Gasteiger partial charge on any atom is -0.494 e. The van der Waals surface area contributed by atoms with Crippen LogP contribution in [0.4, 0.5) is 21.9 Å². The molecule has 0 fully saturated rings. The summed E-state index contributed by atoms with van der Waals surface area (Å²) in [4.78, 5) is 12.5. The van der Waals surface area contributed by atoms with Gasteiger partial charge in [0.2, 0.25) is 0 Å². The van der Waals surface area contributed by atoms with Crippen LogP contribution in [0.5, 0.6) is 5.75 Å². The number of carbonyl (C=O) groups is 1. The molecule has 0 bridgehead atoms. The number of anilines is 3. The van der Waals surface area contributed by atoms with E-state index in [0.717, 1.165) is 37.0 Å². The molecule has 2 aromatic carbocycles. The van der Waals surface area contributed by atoms with Gasteiger partial charge in [-0.1, -0.05) is 25.5 Å². The number of urea groups is 1. The van der Waals surface area contributed by atoms with Gasteiger partial charge in [-0.2, -0.15) is 0 Å². The Balaban J connectivity index is 1.45. The van der Waals surface area contributed by atoms with Crippen LogP contribution < -0.4 is 19.7 Å². The Morgan fingerprint density at radius 2 is 1.85 bits per heavy atom. The van der Waals surface area contributed by atoms with Crippen LogP contribution in [0.1, 0.15) is 31.7 Å². The highest BCUT2D eigenvalue weighted by molar-refractivity contribution is 7.94. The first-order valence-electron chi connectivity index (χ1n) is 11.0. The lowest BCUT2D eigenvalue weighted by Crippen LogP contribution is -2.35. The number of unbranched alkanes of at least 4 members (excludes halogenated alkanes) is 1.